The Labute approximate surface area is 560 Å². The summed E-state index contributed by atoms with van der Waals surface area (Å²) in [5.74, 6) is -0.883. The number of pyridine rings is 6. The van der Waals surface area contributed by atoms with Crippen LogP contribution in [0, 0.1) is 11.8 Å². The SMILES string of the molecule is Fc1cncc(-c2ccc(-c3cc(-c4cc5ccc6ccc(-c7cccc(-c8ccc9ccc%10ccc(-c%11ccc(-c%12ccc(F)nc%12)cc%11)nc%10c9n8)c7)c7ccc(c4)c5c67)c4ccc5ccc(-c6ccc(-c7ccc8c9c(cccc79)-c7ccccc7-8)cc6)nc5c4n3)cc2)c1. The topological polar surface area (TPSA) is 77.3 Å². The first-order valence-electron chi connectivity index (χ1n) is 32.8. The average Bonchev–Trinajstić information content (AvgIpc) is 1.39. The Morgan fingerprint density at radius 1 is 0.214 bits per heavy atom. The third kappa shape index (κ3) is 8.99. The fraction of sp³-hybridized carbons (Fsp3) is 0. The Balaban J connectivity index is 0.672. The zero-order valence-electron chi connectivity index (χ0n) is 52.3. The average molecular weight is 1250 g/mol. The molecule has 20 rings (SSSR count). The second kappa shape index (κ2) is 21.8. The number of hydrogen-bond donors (Lipinski definition) is 0. The molecular weight excluding hydrogens is 1200 g/mol. The van der Waals surface area contributed by atoms with E-state index in [9.17, 15) is 8.78 Å². The second-order valence-corrected chi connectivity index (χ2v) is 25.6. The van der Waals surface area contributed by atoms with Crippen molar-refractivity contribution in [1.29, 1.82) is 0 Å². The Morgan fingerprint density at radius 3 is 1.38 bits per heavy atom. The predicted octanol–water partition coefficient (Wildman–Crippen LogP) is 23.6. The molecule has 1 aliphatic carbocycles. The fourth-order valence-corrected chi connectivity index (χ4v) is 15.2. The minimum Gasteiger partial charge on any atom is -0.261 e. The minimum atomic E-state index is -0.502. The summed E-state index contributed by atoms with van der Waals surface area (Å²) in [5.41, 5.74) is 25.8. The molecule has 6 aromatic heterocycles. The van der Waals surface area contributed by atoms with E-state index in [0.717, 1.165) is 144 Å². The van der Waals surface area contributed by atoms with Gasteiger partial charge in [0.05, 0.1) is 51.0 Å². The van der Waals surface area contributed by atoms with Crippen molar-refractivity contribution in [1.82, 2.24) is 29.9 Å². The smallest absolute Gasteiger partial charge is 0.212 e. The molecule has 13 aromatic carbocycles. The maximum absolute atomic E-state index is 14.5. The lowest BCUT2D eigenvalue weighted by Crippen LogP contribution is -1.95. The number of nitrogens with zero attached hydrogens (tertiary/aromatic N) is 6. The summed E-state index contributed by atoms with van der Waals surface area (Å²) >= 11 is 0. The maximum Gasteiger partial charge on any atom is 0.212 e. The van der Waals surface area contributed by atoms with Gasteiger partial charge < -0.3 is 0 Å². The molecule has 454 valence electrons. The summed E-state index contributed by atoms with van der Waals surface area (Å²) in [6.45, 7) is 0. The molecule has 0 radical (unpaired) electrons. The van der Waals surface area contributed by atoms with Crippen molar-refractivity contribution in [2.24, 2.45) is 0 Å². The van der Waals surface area contributed by atoms with Gasteiger partial charge in [0.25, 0.3) is 0 Å². The molecule has 8 heteroatoms. The normalized spacial score (nSPS) is 12.0. The van der Waals surface area contributed by atoms with Crippen LogP contribution in [0.4, 0.5) is 8.78 Å². The summed E-state index contributed by atoms with van der Waals surface area (Å²) in [4.78, 5) is 29.6. The Hall–Kier alpha value is -13.0. The van der Waals surface area contributed by atoms with Gasteiger partial charge in [-0.15, -0.1) is 0 Å². The largest absolute Gasteiger partial charge is 0.261 e. The van der Waals surface area contributed by atoms with E-state index in [1.54, 1.807) is 18.5 Å². The molecule has 0 spiro atoms. The van der Waals surface area contributed by atoms with E-state index in [0.29, 0.717) is 5.56 Å². The van der Waals surface area contributed by atoms with Crippen LogP contribution in [0.5, 0.6) is 0 Å². The summed E-state index contributed by atoms with van der Waals surface area (Å²) in [7, 11) is 0. The summed E-state index contributed by atoms with van der Waals surface area (Å²) in [6.07, 6.45) is 4.46. The lowest BCUT2D eigenvalue weighted by molar-refractivity contribution is 0.584. The lowest BCUT2D eigenvalue weighted by Gasteiger charge is -2.17. The Morgan fingerprint density at radius 2 is 0.694 bits per heavy atom. The molecule has 0 atom stereocenters. The first-order valence-corrected chi connectivity index (χ1v) is 32.8. The van der Waals surface area contributed by atoms with Gasteiger partial charge in [0, 0.05) is 67.3 Å². The second-order valence-electron chi connectivity index (χ2n) is 25.6. The quantitative estimate of drug-likeness (QED) is 0.106. The third-order valence-corrected chi connectivity index (χ3v) is 20.0. The molecule has 0 amide bonds. The highest BCUT2D eigenvalue weighted by atomic mass is 19.1. The molecule has 19 aromatic rings. The van der Waals surface area contributed by atoms with Gasteiger partial charge in [0.2, 0.25) is 5.95 Å². The molecule has 0 N–H and O–H groups in total. The zero-order valence-corrected chi connectivity index (χ0v) is 52.3. The standard InChI is InChI=1S/C90H50F2N6/c91-68-46-67(48-93-50-68)52-13-19-56(20-14-52)82-47-78(77-36-28-60-31-40-80(96-89(60)90(77)98-82)55-21-15-53(16-22-55)69-37-38-76-72-8-2-1-7-71(72)74-10-4-9-73(69)86(74)76)66-44-63-26-23-57-27-34-70(75-35-29-64(45-66)84(63)85(57)75)61-5-3-6-62(43-61)81-41-32-59-25-24-58-30-39-79(95-87(58)88(59)97-81)54-17-11-51(12-18-54)65-33-42-83(92)94-49-65/h1-50H. The van der Waals surface area contributed by atoms with E-state index in [2.05, 4.69) is 234 Å². The molecule has 1 aliphatic rings. The molecule has 0 unspecified atom stereocenters. The monoisotopic (exact) mass is 1250 g/mol. The van der Waals surface area contributed by atoms with E-state index >= 15 is 0 Å². The van der Waals surface area contributed by atoms with Crippen LogP contribution < -0.4 is 0 Å². The van der Waals surface area contributed by atoms with Gasteiger partial charge in [-0.3, -0.25) is 4.98 Å². The van der Waals surface area contributed by atoms with Gasteiger partial charge >= 0.3 is 0 Å². The number of halogens is 2. The summed E-state index contributed by atoms with van der Waals surface area (Å²) in [6, 6.07) is 100. The summed E-state index contributed by atoms with van der Waals surface area (Å²) in [5, 5.41) is 13.6. The van der Waals surface area contributed by atoms with E-state index in [1.165, 1.54) is 78.5 Å². The number of aromatic nitrogens is 6. The van der Waals surface area contributed by atoms with E-state index in [4.69, 9.17) is 19.9 Å². The van der Waals surface area contributed by atoms with Crippen molar-refractivity contribution in [2.75, 3.05) is 0 Å². The van der Waals surface area contributed by atoms with E-state index < -0.39 is 5.95 Å². The molecule has 0 saturated carbocycles. The summed E-state index contributed by atoms with van der Waals surface area (Å²) < 4.78 is 28.1. The van der Waals surface area contributed by atoms with Crippen LogP contribution in [0.15, 0.2) is 304 Å². The van der Waals surface area contributed by atoms with Crippen LogP contribution >= 0.6 is 0 Å². The molecule has 0 bridgehead atoms. The molecule has 98 heavy (non-hydrogen) atoms. The first-order chi connectivity index (χ1) is 48.3. The highest BCUT2D eigenvalue weighted by Crippen LogP contribution is 2.50. The molecular formula is C90H50F2N6. The zero-order chi connectivity index (χ0) is 64.7. The van der Waals surface area contributed by atoms with E-state index in [-0.39, 0.29) is 5.82 Å². The van der Waals surface area contributed by atoms with Gasteiger partial charge in [-0.1, -0.05) is 224 Å². The van der Waals surface area contributed by atoms with Crippen LogP contribution in [0.2, 0.25) is 0 Å². The van der Waals surface area contributed by atoms with Crippen LogP contribution in [-0.2, 0) is 0 Å². The molecule has 6 nitrogen and oxygen atoms in total. The van der Waals surface area contributed by atoms with Crippen LogP contribution in [0.3, 0.4) is 0 Å². The fourth-order valence-electron chi connectivity index (χ4n) is 15.2. The predicted molar refractivity (Wildman–Crippen MR) is 398 cm³/mol. The van der Waals surface area contributed by atoms with Gasteiger partial charge in [-0.2, -0.15) is 4.39 Å². The minimum absolute atomic E-state index is 0.381. The van der Waals surface area contributed by atoms with Crippen LogP contribution in [-0.4, -0.2) is 29.9 Å². The Bertz CT molecular complexity index is 6500. The van der Waals surface area contributed by atoms with Crippen molar-refractivity contribution >= 4 is 86.7 Å². The van der Waals surface area contributed by atoms with Gasteiger partial charge in [0.1, 0.15) is 5.82 Å². The molecule has 6 heterocycles. The highest BCUT2D eigenvalue weighted by molar-refractivity contribution is 6.27. The number of rotatable bonds is 9. The van der Waals surface area contributed by atoms with Crippen LogP contribution in [0.1, 0.15) is 0 Å². The van der Waals surface area contributed by atoms with Crippen molar-refractivity contribution < 1.29 is 8.78 Å². The van der Waals surface area contributed by atoms with Gasteiger partial charge in [0.15, 0.2) is 0 Å². The lowest BCUT2D eigenvalue weighted by atomic mass is 9.87. The molecule has 0 aliphatic heterocycles. The Kier molecular flexibility index (Phi) is 12.3. The van der Waals surface area contributed by atoms with Crippen LogP contribution in [0.25, 0.3) is 210 Å². The van der Waals surface area contributed by atoms with Crippen molar-refractivity contribution in [2.45, 2.75) is 0 Å². The molecule has 0 fully saturated rings. The number of fused-ring (bicyclic) bond motifs is 9. The maximum atomic E-state index is 14.5. The van der Waals surface area contributed by atoms with Gasteiger partial charge in [-0.25, -0.2) is 29.3 Å². The van der Waals surface area contributed by atoms with Crippen molar-refractivity contribution in [3.05, 3.63) is 315 Å². The van der Waals surface area contributed by atoms with Crippen molar-refractivity contribution in [3.8, 4) is 123 Å². The highest BCUT2D eigenvalue weighted by Gasteiger charge is 2.24. The first kappa shape index (κ1) is 55.4. The van der Waals surface area contributed by atoms with Gasteiger partial charge in [-0.05, 0) is 171 Å². The van der Waals surface area contributed by atoms with E-state index in [1.807, 2.05) is 42.5 Å². The third-order valence-electron chi connectivity index (χ3n) is 20.0. The van der Waals surface area contributed by atoms with Crippen molar-refractivity contribution in [3.63, 3.8) is 0 Å². The molecule has 0 saturated heterocycles. The number of benzene rings is 13. The number of hydrogen-bond acceptors (Lipinski definition) is 6.